The molecule has 11 heteroatoms. The van der Waals surface area contributed by atoms with Gasteiger partial charge in [0, 0.05) is 50.4 Å². The van der Waals surface area contributed by atoms with E-state index in [1.807, 2.05) is 31.4 Å². The molecule has 2 aliphatic rings. The van der Waals surface area contributed by atoms with Crippen molar-refractivity contribution in [3.05, 3.63) is 59.2 Å². The van der Waals surface area contributed by atoms with Crippen LogP contribution in [-0.4, -0.2) is 81.5 Å². The molecule has 2 aromatic carbocycles. The van der Waals surface area contributed by atoms with Crippen LogP contribution in [0.1, 0.15) is 71.1 Å². The van der Waals surface area contributed by atoms with Crippen LogP contribution < -0.4 is 10.6 Å². The van der Waals surface area contributed by atoms with Crippen molar-refractivity contribution in [2.24, 2.45) is 0 Å². The van der Waals surface area contributed by atoms with Gasteiger partial charge in [-0.15, -0.1) is 0 Å². The van der Waals surface area contributed by atoms with Crippen molar-refractivity contribution in [1.29, 1.82) is 0 Å². The molecule has 0 radical (unpaired) electrons. The van der Waals surface area contributed by atoms with Crippen LogP contribution in [0.25, 0.3) is 11.0 Å². The van der Waals surface area contributed by atoms with Crippen molar-refractivity contribution >= 4 is 40.8 Å². The SMILES string of the molecule is CC(C)(C)OC(=O)N1CCN(C(=O)c2cccc3nc4n(c23)CCCCCNC(=O)c2cccc(c2)C(=O)N4)CC1. The Balaban J connectivity index is 1.42. The molecule has 3 heterocycles. The van der Waals surface area contributed by atoms with Crippen LogP contribution in [0, 0.1) is 0 Å². The van der Waals surface area contributed by atoms with E-state index in [1.54, 1.807) is 46.2 Å². The maximum atomic E-state index is 13.8. The number of anilines is 1. The fourth-order valence-corrected chi connectivity index (χ4v) is 5.11. The summed E-state index contributed by atoms with van der Waals surface area (Å²) >= 11 is 0. The monoisotopic (exact) mass is 560 g/mol. The van der Waals surface area contributed by atoms with Gasteiger partial charge < -0.3 is 24.4 Å². The third kappa shape index (κ3) is 6.34. The first-order valence-corrected chi connectivity index (χ1v) is 14.1. The lowest BCUT2D eigenvalue weighted by Crippen LogP contribution is -2.51. The molecule has 0 spiro atoms. The third-order valence-corrected chi connectivity index (χ3v) is 7.17. The van der Waals surface area contributed by atoms with Gasteiger partial charge in [-0.3, -0.25) is 19.7 Å². The number of nitrogens with one attached hydrogen (secondary N) is 2. The van der Waals surface area contributed by atoms with Gasteiger partial charge in [0.2, 0.25) is 5.95 Å². The van der Waals surface area contributed by atoms with E-state index >= 15 is 0 Å². The Bertz CT molecular complexity index is 1480. The Labute approximate surface area is 238 Å². The van der Waals surface area contributed by atoms with E-state index < -0.39 is 5.60 Å². The summed E-state index contributed by atoms with van der Waals surface area (Å²) in [6.45, 7) is 8.09. The summed E-state index contributed by atoms with van der Waals surface area (Å²) in [6, 6.07) is 12.0. The molecule has 11 nitrogen and oxygen atoms in total. The van der Waals surface area contributed by atoms with E-state index in [4.69, 9.17) is 9.72 Å². The summed E-state index contributed by atoms with van der Waals surface area (Å²) < 4.78 is 7.39. The molecular formula is C30H36N6O5. The van der Waals surface area contributed by atoms with Crippen LogP contribution in [0.4, 0.5) is 10.7 Å². The van der Waals surface area contributed by atoms with Gasteiger partial charge in [-0.25, -0.2) is 9.78 Å². The summed E-state index contributed by atoms with van der Waals surface area (Å²) in [5, 5.41) is 5.82. The first kappa shape index (κ1) is 28.1. The first-order chi connectivity index (χ1) is 19.6. The van der Waals surface area contributed by atoms with Gasteiger partial charge in [0.15, 0.2) is 0 Å². The van der Waals surface area contributed by atoms with Crippen molar-refractivity contribution in [3.8, 4) is 0 Å². The zero-order chi connectivity index (χ0) is 29.1. The lowest BCUT2D eigenvalue weighted by atomic mass is 10.1. The first-order valence-electron chi connectivity index (χ1n) is 14.1. The Kier molecular flexibility index (Phi) is 7.96. The molecule has 41 heavy (non-hydrogen) atoms. The average molecular weight is 561 g/mol. The molecule has 3 aromatic rings. The molecule has 0 atom stereocenters. The predicted molar refractivity (Wildman–Crippen MR) is 154 cm³/mol. The minimum Gasteiger partial charge on any atom is -0.444 e. The summed E-state index contributed by atoms with van der Waals surface area (Å²) in [5.41, 5.74) is 1.94. The van der Waals surface area contributed by atoms with E-state index in [0.717, 1.165) is 19.3 Å². The Morgan fingerprint density at radius 3 is 2.27 bits per heavy atom. The number of carbonyl (C=O) groups excluding carboxylic acids is 4. The van der Waals surface area contributed by atoms with Gasteiger partial charge in [0.05, 0.1) is 16.6 Å². The smallest absolute Gasteiger partial charge is 0.410 e. The van der Waals surface area contributed by atoms with E-state index in [9.17, 15) is 19.2 Å². The van der Waals surface area contributed by atoms with Gasteiger partial charge in [-0.2, -0.15) is 0 Å². The highest BCUT2D eigenvalue weighted by atomic mass is 16.6. The largest absolute Gasteiger partial charge is 0.444 e. The number of nitrogens with zero attached hydrogens (tertiary/aromatic N) is 4. The van der Waals surface area contributed by atoms with Gasteiger partial charge in [-0.05, 0) is 70.4 Å². The highest BCUT2D eigenvalue weighted by molar-refractivity contribution is 6.08. The number of para-hydroxylation sites is 1. The number of carbonyl (C=O) groups is 4. The number of ether oxygens (including phenoxy) is 1. The Morgan fingerprint density at radius 2 is 1.54 bits per heavy atom. The summed E-state index contributed by atoms with van der Waals surface area (Å²) in [5.74, 6) is -0.395. The number of piperazine rings is 1. The number of amides is 4. The van der Waals surface area contributed by atoms with Gasteiger partial charge in [-0.1, -0.05) is 12.1 Å². The number of aryl methyl sites for hydroxylation is 1. The highest BCUT2D eigenvalue weighted by Gasteiger charge is 2.30. The summed E-state index contributed by atoms with van der Waals surface area (Å²) in [7, 11) is 0. The van der Waals surface area contributed by atoms with Crippen LogP contribution in [0.5, 0.6) is 0 Å². The summed E-state index contributed by atoms with van der Waals surface area (Å²) in [6.07, 6.45) is 2.03. The number of hydrogen-bond acceptors (Lipinski definition) is 6. The number of rotatable bonds is 1. The molecule has 1 saturated heterocycles. The number of fused-ring (bicyclic) bond motifs is 5. The zero-order valence-corrected chi connectivity index (χ0v) is 23.7. The maximum Gasteiger partial charge on any atom is 0.410 e. The fraction of sp³-hybridized carbons (Fsp3) is 0.433. The molecule has 216 valence electrons. The van der Waals surface area contributed by atoms with Crippen LogP contribution >= 0.6 is 0 Å². The number of benzene rings is 2. The van der Waals surface area contributed by atoms with E-state index in [2.05, 4.69) is 10.6 Å². The quantitative estimate of drug-likeness (QED) is 0.465. The van der Waals surface area contributed by atoms with Crippen LogP contribution in [-0.2, 0) is 11.3 Å². The average Bonchev–Trinajstić information content (AvgIpc) is 3.30. The second-order valence-corrected chi connectivity index (χ2v) is 11.4. The normalized spacial score (nSPS) is 16.9. The standard InChI is InChI=1S/C30H36N6O5/c1-30(2,3)41-29(40)35-17-15-34(16-18-35)27(39)22-11-8-12-23-24(22)36-14-6-4-5-13-31-25(37)20-9-7-10-21(19-20)26(38)33-28(36)32-23/h7-12,19H,4-6,13-18H2,1-3H3,(H,31,37)(H,32,33,38). The fourth-order valence-electron chi connectivity index (χ4n) is 5.11. The minimum atomic E-state index is -0.584. The van der Waals surface area contributed by atoms with E-state index in [0.29, 0.717) is 72.9 Å². The van der Waals surface area contributed by atoms with Crippen LogP contribution in [0.3, 0.4) is 0 Å². The molecular weight excluding hydrogens is 524 g/mol. The van der Waals surface area contributed by atoms with Crippen molar-refractivity contribution < 1.29 is 23.9 Å². The van der Waals surface area contributed by atoms with Crippen molar-refractivity contribution in [2.75, 3.05) is 38.0 Å². The number of aromatic nitrogens is 2. The van der Waals surface area contributed by atoms with Crippen molar-refractivity contribution in [3.63, 3.8) is 0 Å². The van der Waals surface area contributed by atoms with Gasteiger partial charge in [0.25, 0.3) is 17.7 Å². The molecule has 5 rings (SSSR count). The van der Waals surface area contributed by atoms with Crippen molar-refractivity contribution in [2.45, 2.75) is 52.2 Å². The predicted octanol–water partition coefficient (Wildman–Crippen LogP) is 3.90. The molecule has 0 saturated carbocycles. The Hall–Kier alpha value is -4.41. The second kappa shape index (κ2) is 11.6. The second-order valence-electron chi connectivity index (χ2n) is 11.4. The third-order valence-electron chi connectivity index (χ3n) is 7.17. The van der Waals surface area contributed by atoms with Crippen LogP contribution in [0.2, 0.25) is 0 Å². The van der Waals surface area contributed by atoms with E-state index in [1.165, 1.54) is 0 Å². The molecule has 2 bridgehead atoms. The molecule has 0 aliphatic carbocycles. The van der Waals surface area contributed by atoms with Gasteiger partial charge in [0.1, 0.15) is 5.60 Å². The van der Waals surface area contributed by atoms with Crippen LogP contribution in [0.15, 0.2) is 42.5 Å². The Morgan fingerprint density at radius 1 is 0.854 bits per heavy atom. The van der Waals surface area contributed by atoms with Crippen molar-refractivity contribution in [1.82, 2.24) is 24.7 Å². The zero-order valence-electron chi connectivity index (χ0n) is 23.7. The van der Waals surface area contributed by atoms with Gasteiger partial charge >= 0.3 is 6.09 Å². The molecule has 4 amide bonds. The molecule has 1 aromatic heterocycles. The number of hydrogen-bond donors (Lipinski definition) is 2. The topological polar surface area (TPSA) is 126 Å². The lowest BCUT2D eigenvalue weighted by Gasteiger charge is -2.35. The molecule has 0 unspecified atom stereocenters. The minimum absolute atomic E-state index is 0.150. The summed E-state index contributed by atoms with van der Waals surface area (Å²) in [4.78, 5) is 60.1. The van der Waals surface area contributed by atoms with E-state index in [-0.39, 0.29) is 23.8 Å². The highest BCUT2D eigenvalue weighted by Crippen LogP contribution is 2.27. The molecule has 1 fully saturated rings. The molecule has 2 aliphatic heterocycles. The molecule has 2 N–H and O–H groups in total. The number of imidazole rings is 1. The maximum absolute atomic E-state index is 13.8. The lowest BCUT2D eigenvalue weighted by molar-refractivity contribution is 0.0141.